The fourth-order valence-corrected chi connectivity index (χ4v) is 4.04. The molecule has 0 spiro atoms. The average molecular weight is 409 g/mol. The lowest BCUT2D eigenvalue weighted by atomic mass is 9.94. The molecule has 0 saturated carbocycles. The number of carbonyl (C=O) groups is 2. The van der Waals surface area contributed by atoms with Crippen LogP contribution in [0.15, 0.2) is 59.8 Å². The van der Waals surface area contributed by atoms with E-state index in [4.69, 9.17) is 4.74 Å². The van der Waals surface area contributed by atoms with Gasteiger partial charge in [0.15, 0.2) is 0 Å². The molecule has 30 heavy (non-hydrogen) atoms. The van der Waals surface area contributed by atoms with Crippen LogP contribution in [0.5, 0.6) is 0 Å². The maximum atomic E-state index is 13.8. The molecule has 0 aromatic heterocycles. The Kier molecular flexibility index (Phi) is 5.81. The van der Waals surface area contributed by atoms with Gasteiger partial charge in [-0.3, -0.25) is 4.90 Å². The molecule has 0 bridgehead atoms. The third kappa shape index (κ3) is 4.21. The lowest BCUT2D eigenvalue weighted by molar-refractivity contribution is -0.139. The second-order valence-electron chi connectivity index (χ2n) is 7.43. The number of hydrogen-bond acceptors (Lipinski definition) is 4. The van der Waals surface area contributed by atoms with Gasteiger partial charge in [0.2, 0.25) is 0 Å². The van der Waals surface area contributed by atoms with Crippen molar-refractivity contribution in [2.45, 2.75) is 25.9 Å². The highest BCUT2D eigenvalue weighted by molar-refractivity contribution is 5.95. The lowest BCUT2D eigenvalue weighted by Crippen LogP contribution is -2.49. The van der Waals surface area contributed by atoms with Gasteiger partial charge in [-0.2, -0.15) is 0 Å². The van der Waals surface area contributed by atoms with E-state index >= 15 is 0 Å². The van der Waals surface area contributed by atoms with Crippen LogP contribution in [0.2, 0.25) is 0 Å². The Bertz CT molecular complexity index is 1000. The van der Waals surface area contributed by atoms with E-state index in [1.54, 1.807) is 19.1 Å². The number of urea groups is 1. The minimum Gasteiger partial charge on any atom is -0.463 e. The number of carbonyl (C=O) groups excluding carboxylic acids is 2. The van der Waals surface area contributed by atoms with Crippen molar-refractivity contribution < 1.29 is 18.7 Å². The molecule has 6 nitrogen and oxygen atoms in total. The van der Waals surface area contributed by atoms with E-state index in [0.29, 0.717) is 23.4 Å². The summed E-state index contributed by atoms with van der Waals surface area (Å²) in [6, 6.07) is 13.0. The highest BCUT2D eigenvalue weighted by atomic mass is 19.1. The topological polar surface area (TPSA) is 70.7 Å². The highest BCUT2D eigenvalue weighted by Gasteiger charge is 2.34. The van der Waals surface area contributed by atoms with E-state index in [1.165, 1.54) is 23.3 Å². The van der Waals surface area contributed by atoms with E-state index < -0.39 is 23.9 Å². The van der Waals surface area contributed by atoms with Crippen LogP contribution in [-0.2, 0) is 22.5 Å². The summed E-state index contributed by atoms with van der Waals surface area (Å²) in [6.45, 7) is 3.86. The number of nitrogens with one attached hydrogen (secondary N) is 2. The fraction of sp³-hybridized carbons (Fsp3) is 0.304. The van der Waals surface area contributed by atoms with Gasteiger partial charge in [0.1, 0.15) is 5.82 Å². The number of halogens is 1. The first-order valence-electron chi connectivity index (χ1n) is 10.1. The molecule has 1 atom stereocenters. The first-order chi connectivity index (χ1) is 14.5. The van der Waals surface area contributed by atoms with Crippen LogP contribution in [0, 0.1) is 5.82 Å². The molecule has 0 fully saturated rings. The normalized spacial score (nSPS) is 19.0. The Balaban J connectivity index is 1.68. The summed E-state index contributed by atoms with van der Waals surface area (Å²) in [6.07, 6.45) is 0.901. The first-order valence-corrected chi connectivity index (χ1v) is 10.1. The minimum atomic E-state index is -0.777. The van der Waals surface area contributed by atoms with Gasteiger partial charge in [-0.25, -0.2) is 14.0 Å². The van der Waals surface area contributed by atoms with Crippen LogP contribution in [0.4, 0.5) is 9.18 Å². The van der Waals surface area contributed by atoms with Gasteiger partial charge >= 0.3 is 12.0 Å². The van der Waals surface area contributed by atoms with Gasteiger partial charge in [-0.05, 0) is 42.2 Å². The Morgan fingerprint density at radius 1 is 1.20 bits per heavy atom. The van der Waals surface area contributed by atoms with Gasteiger partial charge in [-0.1, -0.05) is 36.4 Å². The summed E-state index contributed by atoms with van der Waals surface area (Å²) in [5, 5.41) is 5.52. The summed E-state index contributed by atoms with van der Waals surface area (Å²) in [5.41, 5.74) is 3.85. The molecule has 2 N–H and O–H groups in total. The Labute approximate surface area is 174 Å². The van der Waals surface area contributed by atoms with Crippen LogP contribution in [-0.4, -0.2) is 36.6 Å². The van der Waals surface area contributed by atoms with Crippen LogP contribution in [0.1, 0.15) is 29.7 Å². The van der Waals surface area contributed by atoms with Crippen molar-refractivity contribution in [3.63, 3.8) is 0 Å². The van der Waals surface area contributed by atoms with E-state index in [2.05, 4.69) is 27.7 Å². The zero-order valence-electron chi connectivity index (χ0n) is 16.8. The number of fused-ring (bicyclic) bond motifs is 1. The molecular formula is C23H24FN3O3. The molecule has 0 aliphatic carbocycles. The van der Waals surface area contributed by atoms with E-state index in [0.717, 1.165) is 19.5 Å². The summed E-state index contributed by atoms with van der Waals surface area (Å²) < 4.78 is 19.1. The number of ether oxygens (including phenoxy) is 1. The Morgan fingerprint density at radius 2 is 2.00 bits per heavy atom. The number of nitrogens with zero attached hydrogens (tertiary/aromatic N) is 1. The third-order valence-electron chi connectivity index (χ3n) is 5.42. The van der Waals surface area contributed by atoms with Crippen molar-refractivity contribution in [1.29, 1.82) is 0 Å². The molecule has 156 valence electrons. The van der Waals surface area contributed by atoms with Crippen molar-refractivity contribution in [2.24, 2.45) is 0 Å². The van der Waals surface area contributed by atoms with Crippen LogP contribution >= 0.6 is 0 Å². The second-order valence-corrected chi connectivity index (χ2v) is 7.43. The molecule has 0 unspecified atom stereocenters. The third-order valence-corrected chi connectivity index (χ3v) is 5.42. The van der Waals surface area contributed by atoms with Crippen LogP contribution in [0.25, 0.3) is 0 Å². The molecule has 2 aliphatic heterocycles. The summed E-state index contributed by atoms with van der Waals surface area (Å²) >= 11 is 0. The summed E-state index contributed by atoms with van der Waals surface area (Å²) in [7, 11) is 0. The molecule has 2 aliphatic rings. The minimum absolute atomic E-state index is 0.205. The monoisotopic (exact) mass is 409 g/mol. The number of amides is 2. The molecule has 2 aromatic rings. The molecular weight excluding hydrogens is 385 g/mol. The number of esters is 1. The second kappa shape index (κ2) is 8.67. The number of benzene rings is 2. The zero-order chi connectivity index (χ0) is 21.1. The molecule has 2 heterocycles. The van der Waals surface area contributed by atoms with Crippen molar-refractivity contribution >= 4 is 12.0 Å². The standard InChI is InChI=1S/C23H24FN3O3/c1-2-30-22(28)20-19(14-27-11-10-15-6-3-4-7-17(15)13-27)25-23(29)26-21(20)16-8-5-9-18(24)12-16/h3-9,12,21H,2,10-11,13-14H2,1H3,(H2,25,26,29)/t21-/m1/s1. The van der Waals surface area contributed by atoms with Gasteiger partial charge < -0.3 is 15.4 Å². The Hall–Kier alpha value is -3.19. The number of hydrogen-bond donors (Lipinski definition) is 2. The number of rotatable bonds is 5. The molecule has 4 rings (SSSR count). The van der Waals surface area contributed by atoms with Crippen LogP contribution in [0.3, 0.4) is 0 Å². The maximum absolute atomic E-state index is 13.8. The quantitative estimate of drug-likeness (QED) is 0.745. The van der Waals surface area contributed by atoms with E-state index in [1.807, 2.05) is 12.1 Å². The van der Waals surface area contributed by atoms with Gasteiger partial charge in [-0.15, -0.1) is 0 Å². The molecule has 0 saturated heterocycles. The van der Waals surface area contributed by atoms with Crippen LogP contribution < -0.4 is 10.6 Å². The van der Waals surface area contributed by atoms with Crippen molar-refractivity contribution in [2.75, 3.05) is 19.7 Å². The average Bonchev–Trinajstić information content (AvgIpc) is 2.73. The van der Waals surface area contributed by atoms with Gasteiger partial charge in [0.25, 0.3) is 0 Å². The van der Waals surface area contributed by atoms with E-state index in [-0.39, 0.29) is 6.61 Å². The molecule has 7 heteroatoms. The highest BCUT2D eigenvalue weighted by Crippen LogP contribution is 2.29. The molecule has 0 radical (unpaired) electrons. The molecule has 2 amide bonds. The van der Waals surface area contributed by atoms with Gasteiger partial charge in [0, 0.05) is 25.3 Å². The largest absolute Gasteiger partial charge is 0.463 e. The maximum Gasteiger partial charge on any atom is 0.338 e. The summed E-state index contributed by atoms with van der Waals surface area (Å²) in [4.78, 5) is 27.4. The molecule has 2 aromatic carbocycles. The van der Waals surface area contributed by atoms with E-state index in [9.17, 15) is 14.0 Å². The first kappa shape index (κ1) is 20.1. The van der Waals surface area contributed by atoms with Crippen molar-refractivity contribution in [3.05, 3.63) is 82.3 Å². The van der Waals surface area contributed by atoms with Crippen molar-refractivity contribution in [3.8, 4) is 0 Å². The zero-order valence-corrected chi connectivity index (χ0v) is 16.8. The lowest BCUT2D eigenvalue weighted by Gasteiger charge is -2.34. The smallest absolute Gasteiger partial charge is 0.338 e. The Morgan fingerprint density at radius 3 is 2.77 bits per heavy atom. The predicted octanol–water partition coefficient (Wildman–Crippen LogP) is 3.06. The predicted molar refractivity (Wildman–Crippen MR) is 110 cm³/mol. The van der Waals surface area contributed by atoms with Gasteiger partial charge in [0.05, 0.1) is 18.2 Å². The SMILES string of the molecule is CCOC(=O)C1=C(CN2CCc3ccccc3C2)NC(=O)N[C@@H]1c1cccc(F)c1. The van der Waals surface area contributed by atoms with Crippen molar-refractivity contribution in [1.82, 2.24) is 15.5 Å². The summed E-state index contributed by atoms with van der Waals surface area (Å²) in [5.74, 6) is -0.954. The fourth-order valence-electron chi connectivity index (χ4n) is 4.04.